The van der Waals surface area contributed by atoms with E-state index in [1.54, 1.807) is 0 Å². The van der Waals surface area contributed by atoms with Crippen LogP contribution in [0.25, 0.3) is 0 Å². The van der Waals surface area contributed by atoms with Crippen molar-refractivity contribution in [2.75, 3.05) is 6.54 Å². The predicted octanol–water partition coefficient (Wildman–Crippen LogP) is 2.72. The first kappa shape index (κ1) is 12.6. The number of benzene rings is 1. The van der Waals surface area contributed by atoms with E-state index in [1.807, 2.05) is 0 Å². The van der Waals surface area contributed by atoms with Gasteiger partial charge in [0, 0.05) is 6.04 Å². The molecule has 0 bridgehead atoms. The van der Waals surface area contributed by atoms with Gasteiger partial charge in [-0.15, -0.1) is 0 Å². The lowest BCUT2D eigenvalue weighted by molar-refractivity contribution is 0.101. The number of aliphatic hydroxyl groups is 1. The number of nitrogens with one attached hydrogen (secondary N) is 1. The summed E-state index contributed by atoms with van der Waals surface area (Å²) in [5, 5.41) is 14.0. The van der Waals surface area contributed by atoms with E-state index in [9.17, 15) is 5.11 Å². The standard InChI is InChI=1S/C15H23NO/c1-10-4-5-12(3)13(8-10)15(17)14-9-11(2)6-7-16-14/h4-5,8,11,14-17H,6-7,9H2,1-3H3. The second-order valence-corrected chi connectivity index (χ2v) is 5.50. The number of rotatable bonds is 2. The molecule has 2 N–H and O–H groups in total. The van der Waals surface area contributed by atoms with Crippen LogP contribution in [0.2, 0.25) is 0 Å². The summed E-state index contributed by atoms with van der Waals surface area (Å²) < 4.78 is 0. The Labute approximate surface area is 104 Å². The first-order chi connectivity index (χ1) is 8.08. The van der Waals surface area contributed by atoms with Crippen molar-refractivity contribution >= 4 is 0 Å². The van der Waals surface area contributed by atoms with Gasteiger partial charge in [0.15, 0.2) is 0 Å². The van der Waals surface area contributed by atoms with Gasteiger partial charge in [-0.2, -0.15) is 0 Å². The van der Waals surface area contributed by atoms with Crippen LogP contribution in [0.3, 0.4) is 0 Å². The zero-order chi connectivity index (χ0) is 12.4. The summed E-state index contributed by atoms with van der Waals surface area (Å²) in [6, 6.07) is 6.52. The summed E-state index contributed by atoms with van der Waals surface area (Å²) in [5.74, 6) is 0.709. The van der Waals surface area contributed by atoms with E-state index in [0.29, 0.717) is 5.92 Å². The smallest absolute Gasteiger partial charge is 0.0945 e. The van der Waals surface area contributed by atoms with Gasteiger partial charge in [0.2, 0.25) is 0 Å². The Hall–Kier alpha value is -0.860. The molecular weight excluding hydrogens is 210 g/mol. The van der Waals surface area contributed by atoms with Crippen molar-refractivity contribution in [1.29, 1.82) is 0 Å². The quantitative estimate of drug-likeness (QED) is 0.823. The van der Waals surface area contributed by atoms with Crippen molar-refractivity contribution in [2.45, 2.75) is 45.8 Å². The van der Waals surface area contributed by atoms with Crippen LogP contribution >= 0.6 is 0 Å². The van der Waals surface area contributed by atoms with E-state index in [0.717, 1.165) is 18.5 Å². The third-order valence-corrected chi connectivity index (χ3v) is 3.83. The zero-order valence-electron chi connectivity index (χ0n) is 11.0. The molecule has 1 heterocycles. The summed E-state index contributed by atoms with van der Waals surface area (Å²) >= 11 is 0. The number of piperidine rings is 1. The maximum atomic E-state index is 10.5. The number of aryl methyl sites for hydroxylation is 2. The van der Waals surface area contributed by atoms with Gasteiger partial charge in [0.25, 0.3) is 0 Å². The van der Waals surface area contributed by atoms with Crippen molar-refractivity contribution in [3.8, 4) is 0 Å². The summed E-state index contributed by atoms with van der Waals surface area (Å²) in [7, 11) is 0. The number of aliphatic hydroxyl groups excluding tert-OH is 1. The highest BCUT2D eigenvalue weighted by Gasteiger charge is 2.26. The molecule has 2 nitrogen and oxygen atoms in total. The molecule has 1 fully saturated rings. The van der Waals surface area contributed by atoms with Gasteiger partial charge in [0.1, 0.15) is 0 Å². The molecule has 0 aromatic heterocycles. The van der Waals surface area contributed by atoms with Crippen molar-refractivity contribution in [2.24, 2.45) is 5.92 Å². The second kappa shape index (κ2) is 5.19. The highest BCUT2D eigenvalue weighted by molar-refractivity contribution is 5.33. The summed E-state index contributed by atoms with van der Waals surface area (Å²) in [5.41, 5.74) is 3.48. The minimum Gasteiger partial charge on any atom is -0.387 e. The summed E-state index contributed by atoms with van der Waals surface area (Å²) in [4.78, 5) is 0. The van der Waals surface area contributed by atoms with E-state index in [-0.39, 0.29) is 12.1 Å². The monoisotopic (exact) mass is 233 g/mol. The van der Waals surface area contributed by atoms with Crippen LogP contribution in [0.15, 0.2) is 18.2 Å². The van der Waals surface area contributed by atoms with Gasteiger partial charge >= 0.3 is 0 Å². The van der Waals surface area contributed by atoms with Crippen LogP contribution in [0.4, 0.5) is 0 Å². The van der Waals surface area contributed by atoms with E-state index in [2.05, 4.69) is 44.3 Å². The summed E-state index contributed by atoms with van der Waals surface area (Å²) in [6.45, 7) is 7.44. The molecule has 1 aliphatic rings. The SMILES string of the molecule is Cc1ccc(C)c(C(O)C2CC(C)CCN2)c1. The van der Waals surface area contributed by atoms with E-state index in [1.165, 1.54) is 17.5 Å². The van der Waals surface area contributed by atoms with Crippen LogP contribution in [0.1, 0.15) is 42.6 Å². The Balaban J connectivity index is 2.18. The molecule has 2 heteroatoms. The van der Waals surface area contributed by atoms with E-state index < -0.39 is 0 Å². The van der Waals surface area contributed by atoms with Crippen LogP contribution in [-0.4, -0.2) is 17.7 Å². The topological polar surface area (TPSA) is 32.3 Å². The van der Waals surface area contributed by atoms with Gasteiger partial charge in [-0.25, -0.2) is 0 Å². The Kier molecular flexibility index (Phi) is 3.85. The van der Waals surface area contributed by atoms with Crippen molar-refractivity contribution in [3.05, 3.63) is 34.9 Å². The molecular formula is C15H23NO. The van der Waals surface area contributed by atoms with Crippen molar-refractivity contribution in [3.63, 3.8) is 0 Å². The largest absolute Gasteiger partial charge is 0.387 e. The van der Waals surface area contributed by atoms with Crippen molar-refractivity contribution < 1.29 is 5.11 Å². The summed E-state index contributed by atoms with van der Waals surface area (Å²) in [6.07, 6.45) is 1.91. The third-order valence-electron chi connectivity index (χ3n) is 3.83. The fourth-order valence-corrected chi connectivity index (χ4v) is 2.69. The normalized spacial score (nSPS) is 26.8. The molecule has 0 aliphatic carbocycles. The molecule has 94 valence electrons. The maximum absolute atomic E-state index is 10.5. The molecule has 2 rings (SSSR count). The van der Waals surface area contributed by atoms with Crippen LogP contribution in [-0.2, 0) is 0 Å². The Morgan fingerprint density at radius 3 is 2.82 bits per heavy atom. The van der Waals surface area contributed by atoms with E-state index >= 15 is 0 Å². The van der Waals surface area contributed by atoms with Crippen molar-refractivity contribution in [1.82, 2.24) is 5.32 Å². The molecule has 1 aliphatic heterocycles. The first-order valence-corrected chi connectivity index (χ1v) is 6.56. The highest BCUT2D eigenvalue weighted by atomic mass is 16.3. The van der Waals surface area contributed by atoms with E-state index in [4.69, 9.17) is 0 Å². The Morgan fingerprint density at radius 2 is 2.12 bits per heavy atom. The minimum absolute atomic E-state index is 0.208. The number of hydrogen-bond acceptors (Lipinski definition) is 2. The molecule has 0 radical (unpaired) electrons. The molecule has 3 unspecified atom stereocenters. The minimum atomic E-state index is -0.377. The molecule has 1 aromatic carbocycles. The lowest BCUT2D eigenvalue weighted by Crippen LogP contribution is -2.41. The van der Waals surface area contributed by atoms with Crippen LogP contribution in [0.5, 0.6) is 0 Å². The lowest BCUT2D eigenvalue weighted by atomic mass is 9.87. The molecule has 0 spiro atoms. The average Bonchev–Trinajstić information content (AvgIpc) is 2.31. The second-order valence-electron chi connectivity index (χ2n) is 5.50. The lowest BCUT2D eigenvalue weighted by Gasteiger charge is -2.32. The maximum Gasteiger partial charge on any atom is 0.0945 e. The molecule has 1 saturated heterocycles. The van der Waals surface area contributed by atoms with Gasteiger partial charge < -0.3 is 10.4 Å². The molecule has 0 amide bonds. The van der Waals surface area contributed by atoms with Gasteiger partial charge in [0.05, 0.1) is 6.10 Å². The molecule has 0 saturated carbocycles. The highest BCUT2D eigenvalue weighted by Crippen LogP contribution is 2.28. The van der Waals surface area contributed by atoms with Crippen LogP contribution < -0.4 is 5.32 Å². The fourth-order valence-electron chi connectivity index (χ4n) is 2.69. The molecule has 3 atom stereocenters. The Morgan fingerprint density at radius 1 is 1.35 bits per heavy atom. The average molecular weight is 233 g/mol. The van der Waals surface area contributed by atoms with Gasteiger partial charge in [-0.3, -0.25) is 0 Å². The fraction of sp³-hybridized carbons (Fsp3) is 0.600. The van der Waals surface area contributed by atoms with Gasteiger partial charge in [-0.05, 0) is 50.3 Å². The molecule has 1 aromatic rings. The van der Waals surface area contributed by atoms with Gasteiger partial charge in [-0.1, -0.05) is 30.7 Å². The number of hydrogen-bond donors (Lipinski definition) is 2. The first-order valence-electron chi connectivity index (χ1n) is 6.56. The molecule has 17 heavy (non-hydrogen) atoms. The van der Waals surface area contributed by atoms with Crippen LogP contribution in [0, 0.1) is 19.8 Å². The zero-order valence-corrected chi connectivity index (χ0v) is 11.0. The third kappa shape index (κ3) is 2.88. The predicted molar refractivity (Wildman–Crippen MR) is 71.1 cm³/mol. The Bertz CT molecular complexity index is 389.